The van der Waals surface area contributed by atoms with Crippen molar-refractivity contribution in [2.45, 2.75) is 6.92 Å². The number of rotatable bonds is 4. The van der Waals surface area contributed by atoms with Crippen molar-refractivity contribution in [1.29, 1.82) is 5.41 Å². The monoisotopic (exact) mass is 151 g/mol. The molecule has 0 spiro atoms. The van der Waals surface area contributed by atoms with E-state index in [4.69, 9.17) is 11.3 Å². The summed E-state index contributed by atoms with van der Waals surface area (Å²) in [4.78, 5) is 0. The van der Waals surface area contributed by atoms with E-state index in [1.807, 2.05) is 19.1 Å². The number of hydrogen-bond donors (Lipinski definition) is 3. The Morgan fingerprint density at radius 1 is 1.64 bits per heavy atom. The molecule has 0 radical (unpaired) electrons. The van der Waals surface area contributed by atoms with E-state index in [1.54, 1.807) is 6.08 Å². The summed E-state index contributed by atoms with van der Waals surface area (Å²) in [5.41, 5.74) is 3.59. The van der Waals surface area contributed by atoms with Crippen molar-refractivity contribution >= 4 is 6.21 Å². The van der Waals surface area contributed by atoms with Gasteiger partial charge in [-0.3, -0.25) is 5.84 Å². The van der Waals surface area contributed by atoms with Gasteiger partial charge in [0.1, 0.15) is 0 Å². The molecule has 0 amide bonds. The number of allylic oxidation sites excluding steroid dienone is 4. The molecule has 11 heavy (non-hydrogen) atoms. The van der Waals surface area contributed by atoms with Gasteiger partial charge >= 0.3 is 0 Å². The Balaban J connectivity index is 4.38. The Bertz CT molecular complexity index is 201. The first-order chi connectivity index (χ1) is 5.26. The maximum absolute atomic E-state index is 6.99. The summed E-state index contributed by atoms with van der Waals surface area (Å²) in [6.45, 7) is 5.51. The minimum absolute atomic E-state index is 0.540. The van der Waals surface area contributed by atoms with Gasteiger partial charge in [0.15, 0.2) is 0 Å². The van der Waals surface area contributed by atoms with Gasteiger partial charge < -0.3 is 10.8 Å². The van der Waals surface area contributed by atoms with E-state index >= 15 is 0 Å². The summed E-state index contributed by atoms with van der Waals surface area (Å²) in [6.07, 6.45) is 6.65. The molecular formula is C8H13N3. The van der Waals surface area contributed by atoms with E-state index in [1.165, 1.54) is 6.21 Å². The lowest BCUT2D eigenvalue weighted by Crippen LogP contribution is -2.21. The number of nitrogens with one attached hydrogen (secondary N) is 2. The summed E-state index contributed by atoms with van der Waals surface area (Å²) in [5.74, 6) is 5.10. The third-order valence-electron chi connectivity index (χ3n) is 1.15. The standard InChI is InChI=1S/C8H13N3/c1-3-4-5-8(6-9)7(2)11-10/h3-6,9,11H,2,10H2,1H3/b4-3-,8-5+,9-6?. The van der Waals surface area contributed by atoms with E-state index < -0.39 is 0 Å². The van der Waals surface area contributed by atoms with Gasteiger partial charge in [0, 0.05) is 11.8 Å². The molecule has 0 saturated heterocycles. The molecule has 0 atom stereocenters. The molecule has 0 saturated carbocycles. The van der Waals surface area contributed by atoms with Crippen molar-refractivity contribution in [3.05, 3.63) is 36.1 Å². The van der Waals surface area contributed by atoms with Crippen LogP contribution in [0.25, 0.3) is 0 Å². The summed E-state index contributed by atoms with van der Waals surface area (Å²) >= 11 is 0. The molecule has 0 aliphatic rings. The van der Waals surface area contributed by atoms with Gasteiger partial charge in [-0.1, -0.05) is 24.8 Å². The molecule has 0 bridgehead atoms. The first kappa shape index (κ1) is 9.65. The Morgan fingerprint density at radius 3 is 2.64 bits per heavy atom. The first-order valence-electron chi connectivity index (χ1n) is 3.25. The van der Waals surface area contributed by atoms with Gasteiger partial charge in [0.2, 0.25) is 0 Å². The fourth-order valence-electron chi connectivity index (χ4n) is 0.519. The lowest BCUT2D eigenvalue weighted by atomic mass is 10.2. The van der Waals surface area contributed by atoms with Crippen molar-refractivity contribution < 1.29 is 0 Å². The molecule has 60 valence electrons. The highest BCUT2D eigenvalue weighted by molar-refractivity contribution is 5.82. The summed E-state index contributed by atoms with van der Waals surface area (Å²) in [6, 6.07) is 0. The van der Waals surface area contributed by atoms with Gasteiger partial charge in [-0.05, 0) is 6.92 Å². The number of hydrogen-bond acceptors (Lipinski definition) is 3. The Labute approximate surface area is 66.8 Å². The zero-order valence-corrected chi connectivity index (χ0v) is 6.59. The third kappa shape index (κ3) is 3.37. The number of hydrazine groups is 1. The second-order valence-electron chi connectivity index (χ2n) is 1.92. The van der Waals surface area contributed by atoms with Crippen LogP contribution in [0.2, 0.25) is 0 Å². The van der Waals surface area contributed by atoms with Crippen molar-refractivity contribution in [2.24, 2.45) is 5.84 Å². The van der Waals surface area contributed by atoms with Crippen LogP contribution in [0.1, 0.15) is 6.92 Å². The van der Waals surface area contributed by atoms with Gasteiger partial charge in [-0.2, -0.15) is 0 Å². The van der Waals surface area contributed by atoms with Crippen LogP contribution in [0.15, 0.2) is 36.1 Å². The van der Waals surface area contributed by atoms with Crippen LogP contribution >= 0.6 is 0 Å². The zero-order chi connectivity index (χ0) is 8.69. The van der Waals surface area contributed by atoms with Crippen LogP contribution in [-0.4, -0.2) is 6.21 Å². The maximum Gasteiger partial charge on any atom is 0.0500 e. The predicted octanol–water partition coefficient (Wildman–Crippen LogP) is 1.12. The first-order valence-corrected chi connectivity index (χ1v) is 3.25. The molecule has 0 heterocycles. The average molecular weight is 151 g/mol. The fraction of sp³-hybridized carbons (Fsp3) is 0.125. The van der Waals surface area contributed by atoms with Gasteiger partial charge in [-0.25, -0.2) is 0 Å². The highest BCUT2D eigenvalue weighted by Gasteiger charge is 1.93. The number of nitrogens with two attached hydrogens (primary N) is 1. The lowest BCUT2D eigenvalue weighted by Gasteiger charge is -2.01. The quantitative estimate of drug-likeness (QED) is 0.244. The molecule has 0 aromatic rings. The van der Waals surface area contributed by atoms with Crippen LogP contribution in [0, 0.1) is 5.41 Å². The molecule has 0 fully saturated rings. The molecular weight excluding hydrogens is 138 g/mol. The van der Waals surface area contributed by atoms with Crippen LogP contribution in [0.4, 0.5) is 0 Å². The molecule has 3 heteroatoms. The van der Waals surface area contributed by atoms with E-state index in [0.29, 0.717) is 11.3 Å². The summed E-state index contributed by atoms with van der Waals surface area (Å²) in [5, 5.41) is 6.99. The van der Waals surface area contributed by atoms with Gasteiger partial charge in [0.25, 0.3) is 0 Å². The van der Waals surface area contributed by atoms with Crippen LogP contribution < -0.4 is 11.3 Å². The SMILES string of the molecule is C=C(NN)/C(C=N)=C/C=C\C. The Kier molecular flexibility index (Phi) is 4.77. The molecule has 0 aliphatic carbocycles. The molecule has 4 N–H and O–H groups in total. The van der Waals surface area contributed by atoms with Gasteiger partial charge in [0.05, 0.1) is 5.70 Å². The normalized spacial score (nSPS) is 11.6. The van der Waals surface area contributed by atoms with E-state index in [2.05, 4.69) is 12.0 Å². The smallest absolute Gasteiger partial charge is 0.0500 e. The van der Waals surface area contributed by atoms with Crippen LogP contribution in [0.3, 0.4) is 0 Å². The van der Waals surface area contributed by atoms with Crippen molar-refractivity contribution in [1.82, 2.24) is 5.43 Å². The second kappa shape index (κ2) is 5.44. The summed E-state index contributed by atoms with van der Waals surface area (Å²) in [7, 11) is 0. The zero-order valence-electron chi connectivity index (χ0n) is 6.59. The highest BCUT2D eigenvalue weighted by atomic mass is 15.2. The molecule has 0 aromatic heterocycles. The maximum atomic E-state index is 6.99. The van der Waals surface area contributed by atoms with Crippen LogP contribution in [-0.2, 0) is 0 Å². The third-order valence-corrected chi connectivity index (χ3v) is 1.15. The van der Waals surface area contributed by atoms with Crippen molar-refractivity contribution in [3.63, 3.8) is 0 Å². The van der Waals surface area contributed by atoms with Crippen LogP contribution in [0.5, 0.6) is 0 Å². The second-order valence-corrected chi connectivity index (χ2v) is 1.92. The average Bonchev–Trinajstić information content (AvgIpc) is 2.05. The molecule has 0 unspecified atom stereocenters. The molecule has 0 rings (SSSR count). The molecule has 0 aliphatic heterocycles. The largest absolute Gasteiger partial charge is 0.324 e. The predicted molar refractivity (Wildman–Crippen MR) is 48.1 cm³/mol. The van der Waals surface area contributed by atoms with E-state index in [9.17, 15) is 0 Å². The van der Waals surface area contributed by atoms with Crippen molar-refractivity contribution in [2.75, 3.05) is 0 Å². The topological polar surface area (TPSA) is 61.9 Å². The fourth-order valence-corrected chi connectivity index (χ4v) is 0.519. The minimum Gasteiger partial charge on any atom is -0.324 e. The van der Waals surface area contributed by atoms with E-state index in [0.717, 1.165) is 0 Å². The van der Waals surface area contributed by atoms with Crippen molar-refractivity contribution in [3.8, 4) is 0 Å². The Morgan fingerprint density at radius 2 is 2.27 bits per heavy atom. The highest BCUT2D eigenvalue weighted by Crippen LogP contribution is 1.99. The molecule has 0 aromatic carbocycles. The minimum atomic E-state index is 0.540. The lowest BCUT2D eigenvalue weighted by molar-refractivity contribution is 0.914. The molecule has 3 nitrogen and oxygen atoms in total. The van der Waals surface area contributed by atoms with E-state index in [-0.39, 0.29) is 0 Å². The summed E-state index contributed by atoms with van der Waals surface area (Å²) < 4.78 is 0. The Hall–Kier alpha value is -1.35. The van der Waals surface area contributed by atoms with Gasteiger partial charge in [-0.15, -0.1) is 0 Å².